The second kappa shape index (κ2) is 3.38. The molecule has 74 valence electrons. The van der Waals surface area contributed by atoms with Crippen LogP contribution in [0.4, 0.5) is 0 Å². The molecule has 0 aromatic carbocycles. The highest BCUT2D eigenvalue weighted by molar-refractivity contribution is 5.38. The molecular weight excluding hydrogens is 178 g/mol. The number of nitrogens with zero attached hydrogens (tertiary/aromatic N) is 3. The molecule has 0 spiro atoms. The van der Waals surface area contributed by atoms with Gasteiger partial charge >= 0.3 is 0 Å². The number of imidazole rings is 1. The molecule has 1 atom stereocenters. The van der Waals surface area contributed by atoms with Crippen molar-refractivity contribution in [3.8, 4) is 0 Å². The first-order valence-corrected chi connectivity index (χ1v) is 4.74. The van der Waals surface area contributed by atoms with E-state index in [9.17, 15) is 5.11 Å². The van der Waals surface area contributed by atoms with E-state index < -0.39 is 6.10 Å². The summed E-state index contributed by atoms with van der Waals surface area (Å²) in [6.45, 7) is 3.75. The van der Waals surface area contributed by atoms with Crippen molar-refractivity contribution >= 4 is 5.65 Å². The van der Waals surface area contributed by atoms with Gasteiger partial charge in [-0.3, -0.25) is 0 Å². The zero-order chi connectivity index (χ0) is 10.1. The number of hydrogen-bond acceptors (Lipinski definition) is 3. The average Bonchev–Trinajstić information content (AvgIpc) is 2.58. The fourth-order valence-electron chi connectivity index (χ4n) is 1.34. The Morgan fingerprint density at radius 3 is 2.93 bits per heavy atom. The van der Waals surface area contributed by atoms with Crippen LogP contribution >= 0.6 is 0 Å². The molecule has 0 fully saturated rings. The fourth-order valence-corrected chi connectivity index (χ4v) is 1.34. The van der Waals surface area contributed by atoms with Crippen molar-refractivity contribution in [2.45, 2.75) is 26.4 Å². The molecule has 2 aromatic heterocycles. The first-order chi connectivity index (χ1) is 6.70. The lowest BCUT2D eigenvalue weighted by atomic mass is 10.3. The number of rotatable bonds is 2. The van der Waals surface area contributed by atoms with E-state index in [2.05, 4.69) is 17.0 Å². The minimum absolute atomic E-state index is 0.535. The number of aliphatic hydroxyl groups excluding tert-OH is 1. The quantitative estimate of drug-likeness (QED) is 0.779. The van der Waals surface area contributed by atoms with Crippen molar-refractivity contribution in [1.29, 1.82) is 0 Å². The molecule has 2 heterocycles. The van der Waals surface area contributed by atoms with E-state index in [4.69, 9.17) is 0 Å². The molecule has 1 unspecified atom stereocenters. The molecule has 0 saturated heterocycles. The summed E-state index contributed by atoms with van der Waals surface area (Å²) in [7, 11) is 0. The Labute approximate surface area is 82.2 Å². The zero-order valence-corrected chi connectivity index (χ0v) is 8.31. The van der Waals surface area contributed by atoms with Crippen LogP contribution in [0.25, 0.3) is 5.65 Å². The molecule has 4 heteroatoms. The number of hydrogen-bond donors (Lipinski definition) is 1. The van der Waals surface area contributed by atoms with Gasteiger partial charge in [0, 0.05) is 0 Å². The van der Waals surface area contributed by atoms with Crippen molar-refractivity contribution in [1.82, 2.24) is 14.6 Å². The Bertz CT molecular complexity index is 448. The number of aliphatic hydroxyl groups is 1. The molecule has 0 saturated carbocycles. The van der Waals surface area contributed by atoms with Gasteiger partial charge in [-0.2, -0.15) is 5.10 Å². The molecular formula is C10H13N3O. The van der Waals surface area contributed by atoms with Crippen LogP contribution in [0, 0.1) is 0 Å². The van der Waals surface area contributed by atoms with Crippen LogP contribution in [-0.4, -0.2) is 19.7 Å². The lowest BCUT2D eigenvalue weighted by molar-refractivity contribution is 0.192. The molecule has 0 aliphatic rings. The maximum Gasteiger partial charge on any atom is 0.153 e. The topological polar surface area (TPSA) is 50.4 Å². The number of aromatic nitrogens is 3. The van der Waals surface area contributed by atoms with Gasteiger partial charge in [-0.1, -0.05) is 6.92 Å². The third-order valence-electron chi connectivity index (χ3n) is 2.18. The molecule has 0 aliphatic carbocycles. The Balaban J connectivity index is 2.54. The summed E-state index contributed by atoms with van der Waals surface area (Å²) in [5.74, 6) is 0. The minimum atomic E-state index is -0.535. The molecule has 0 amide bonds. The Morgan fingerprint density at radius 1 is 1.50 bits per heavy atom. The van der Waals surface area contributed by atoms with Crippen LogP contribution < -0.4 is 0 Å². The molecule has 0 bridgehead atoms. The van der Waals surface area contributed by atoms with Crippen molar-refractivity contribution in [3.63, 3.8) is 0 Å². The van der Waals surface area contributed by atoms with Gasteiger partial charge < -0.3 is 5.11 Å². The summed E-state index contributed by atoms with van der Waals surface area (Å²) in [6.07, 6.45) is 2.25. The number of aryl methyl sites for hydroxylation is 1. The second-order valence-electron chi connectivity index (χ2n) is 3.32. The maximum atomic E-state index is 9.35. The first kappa shape index (κ1) is 9.15. The number of fused-ring (bicyclic) bond motifs is 1. The van der Waals surface area contributed by atoms with Crippen molar-refractivity contribution in [3.05, 3.63) is 29.7 Å². The highest BCUT2D eigenvalue weighted by Crippen LogP contribution is 2.10. The summed E-state index contributed by atoms with van der Waals surface area (Å²) in [5, 5.41) is 13.6. The van der Waals surface area contributed by atoms with Crippen LogP contribution in [0.3, 0.4) is 0 Å². The van der Waals surface area contributed by atoms with E-state index in [1.807, 2.05) is 12.3 Å². The Kier molecular flexibility index (Phi) is 2.21. The van der Waals surface area contributed by atoms with Gasteiger partial charge in [0.05, 0.1) is 23.7 Å². The minimum Gasteiger partial charge on any atom is -0.387 e. The molecule has 2 rings (SSSR count). The normalized spacial score (nSPS) is 13.4. The van der Waals surface area contributed by atoms with E-state index in [0.29, 0.717) is 5.69 Å². The van der Waals surface area contributed by atoms with Gasteiger partial charge in [0.15, 0.2) is 5.65 Å². The highest BCUT2D eigenvalue weighted by Gasteiger charge is 2.05. The van der Waals surface area contributed by atoms with Crippen molar-refractivity contribution < 1.29 is 5.11 Å². The summed E-state index contributed by atoms with van der Waals surface area (Å²) in [6, 6.07) is 3.67. The van der Waals surface area contributed by atoms with Crippen LogP contribution in [-0.2, 0) is 6.42 Å². The van der Waals surface area contributed by atoms with Gasteiger partial charge in [-0.05, 0) is 25.5 Å². The molecule has 2 aromatic rings. The first-order valence-electron chi connectivity index (χ1n) is 4.74. The molecule has 1 N–H and O–H groups in total. The van der Waals surface area contributed by atoms with Crippen LogP contribution in [0.1, 0.15) is 31.3 Å². The highest BCUT2D eigenvalue weighted by atomic mass is 16.3. The lowest BCUT2D eigenvalue weighted by Crippen LogP contribution is -2.00. The van der Waals surface area contributed by atoms with Crippen LogP contribution in [0.5, 0.6) is 0 Å². The Morgan fingerprint density at radius 2 is 2.29 bits per heavy atom. The Hall–Kier alpha value is -1.42. The third-order valence-corrected chi connectivity index (χ3v) is 2.18. The standard InChI is InChI=1S/C10H13N3O/c1-3-8-6-13-10(11-8)5-4-9(12-13)7(2)14/h4-7,14H,3H2,1-2H3. The molecule has 0 aliphatic heterocycles. The SMILES string of the molecule is CCc1cn2nc(C(C)O)ccc2n1. The van der Waals surface area contributed by atoms with Crippen LogP contribution in [0.2, 0.25) is 0 Å². The van der Waals surface area contributed by atoms with Crippen LogP contribution in [0.15, 0.2) is 18.3 Å². The van der Waals surface area contributed by atoms with Crippen molar-refractivity contribution in [2.24, 2.45) is 0 Å². The monoisotopic (exact) mass is 191 g/mol. The van der Waals surface area contributed by atoms with E-state index in [-0.39, 0.29) is 0 Å². The largest absolute Gasteiger partial charge is 0.387 e. The lowest BCUT2D eigenvalue weighted by Gasteiger charge is -2.02. The smallest absolute Gasteiger partial charge is 0.153 e. The van der Waals surface area contributed by atoms with E-state index >= 15 is 0 Å². The average molecular weight is 191 g/mol. The predicted octanol–water partition coefficient (Wildman–Crippen LogP) is 1.34. The summed E-state index contributed by atoms with van der Waals surface area (Å²) < 4.78 is 1.71. The molecule has 0 radical (unpaired) electrons. The van der Waals surface area contributed by atoms with Gasteiger partial charge in [0.2, 0.25) is 0 Å². The fraction of sp³-hybridized carbons (Fsp3) is 0.400. The summed E-state index contributed by atoms with van der Waals surface area (Å²) in [5.41, 5.74) is 2.50. The van der Waals surface area contributed by atoms with E-state index in [0.717, 1.165) is 17.8 Å². The summed E-state index contributed by atoms with van der Waals surface area (Å²) >= 11 is 0. The molecule has 4 nitrogen and oxygen atoms in total. The predicted molar refractivity (Wildman–Crippen MR) is 53.0 cm³/mol. The third kappa shape index (κ3) is 1.48. The second-order valence-corrected chi connectivity index (χ2v) is 3.32. The summed E-state index contributed by atoms with van der Waals surface area (Å²) in [4.78, 5) is 4.35. The van der Waals surface area contributed by atoms with Gasteiger partial charge in [0.1, 0.15) is 0 Å². The van der Waals surface area contributed by atoms with Gasteiger partial charge in [0.25, 0.3) is 0 Å². The van der Waals surface area contributed by atoms with E-state index in [1.165, 1.54) is 0 Å². The zero-order valence-electron chi connectivity index (χ0n) is 8.31. The van der Waals surface area contributed by atoms with Crippen molar-refractivity contribution in [2.75, 3.05) is 0 Å². The molecule has 14 heavy (non-hydrogen) atoms. The van der Waals surface area contributed by atoms with Gasteiger partial charge in [-0.15, -0.1) is 0 Å². The van der Waals surface area contributed by atoms with Gasteiger partial charge in [-0.25, -0.2) is 9.50 Å². The maximum absolute atomic E-state index is 9.35. The van der Waals surface area contributed by atoms with E-state index in [1.54, 1.807) is 17.5 Å².